The SMILES string of the molecule is Cn1nc(CC(=O)CNCC2CC2)c2ccccc21. The van der Waals surface area contributed by atoms with Gasteiger partial charge in [-0.05, 0) is 31.4 Å². The molecular formula is C15H19N3O. The van der Waals surface area contributed by atoms with Crippen molar-refractivity contribution in [3.63, 3.8) is 0 Å². The van der Waals surface area contributed by atoms with Crippen LogP contribution in [-0.2, 0) is 18.3 Å². The van der Waals surface area contributed by atoms with Gasteiger partial charge in [0, 0.05) is 12.4 Å². The highest BCUT2D eigenvalue weighted by atomic mass is 16.1. The number of fused-ring (bicyclic) bond motifs is 1. The van der Waals surface area contributed by atoms with Crippen molar-refractivity contribution in [2.45, 2.75) is 19.3 Å². The zero-order valence-corrected chi connectivity index (χ0v) is 11.2. The second-order valence-electron chi connectivity index (χ2n) is 5.38. The number of nitrogens with one attached hydrogen (secondary N) is 1. The van der Waals surface area contributed by atoms with Gasteiger partial charge < -0.3 is 5.32 Å². The molecule has 1 aromatic heterocycles. The molecular weight excluding hydrogens is 238 g/mol. The van der Waals surface area contributed by atoms with Crippen molar-refractivity contribution in [3.8, 4) is 0 Å². The number of hydrogen-bond donors (Lipinski definition) is 1. The Labute approximate surface area is 112 Å². The Bertz CT molecular complexity index is 598. The van der Waals surface area contributed by atoms with Crippen molar-refractivity contribution in [1.29, 1.82) is 0 Å². The van der Waals surface area contributed by atoms with Gasteiger partial charge in [0.25, 0.3) is 0 Å². The molecule has 0 amide bonds. The van der Waals surface area contributed by atoms with E-state index in [1.807, 2.05) is 36.0 Å². The molecule has 0 radical (unpaired) electrons. The summed E-state index contributed by atoms with van der Waals surface area (Å²) < 4.78 is 1.84. The van der Waals surface area contributed by atoms with Gasteiger partial charge in [0.2, 0.25) is 0 Å². The quantitative estimate of drug-likeness (QED) is 0.856. The first-order valence-electron chi connectivity index (χ1n) is 6.87. The maximum absolute atomic E-state index is 12.0. The van der Waals surface area contributed by atoms with E-state index in [0.717, 1.165) is 29.1 Å². The minimum absolute atomic E-state index is 0.213. The van der Waals surface area contributed by atoms with E-state index in [9.17, 15) is 4.79 Å². The molecule has 1 aromatic carbocycles. The Kier molecular flexibility index (Phi) is 3.34. The number of nitrogens with zero attached hydrogens (tertiary/aromatic N) is 2. The van der Waals surface area contributed by atoms with Gasteiger partial charge in [0.15, 0.2) is 5.78 Å². The average molecular weight is 257 g/mol. The molecule has 2 aromatic rings. The van der Waals surface area contributed by atoms with Gasteiger partial charge >= 0.3 is 0 Å². The highest BCUT2D eigenvalue weighted by Crippen LogP contribution is 2.27. The summed E-state index contributed by atoms with van der Waals surface area (Å²) in [5, 5.41) is 8.78. The number of aryl methyl sites for hydroxylation is 1. The molecule has 0 bridgehead atoms. The fourth-order valence-electron chi connectivity index (χ4n) is 2.41. The normalized spacial score (nSPS) is 15.0. The molecule has 0 unspecified atom stereocenters. The molecule has 1 aliphatic rings. The Balaban J connectivity index is 1.65. The third kappa shape index (κ3) is 2.84. The van der Waals surface area contributed by atoms with Gasteiger partial charge in [-0.3, -0.25) is 9.48 Å². The summed E-state index contributed by atoms with van der Waals surface area (Å²) in [6, 6.07) is 8.04. The Morgan fingerprint density at radius 2 is 2.21 bits per heavy atom. The van der Waals surface area contributed by atoms with E-state index in [2.05, 4.69) is 10.4 Å². The number of carbonyl (C=O) groups is 1. The van der Waals surface area contributed by atoms with Gasteiger partial charge in [0.1, 0.15) is 0 Å². The lowest BCUT2D eigenvalue weighted by molar-refractivity contribution is -0.117. The Hall–Kier alpha value is -1.68. The average Bonchev–Trinajstić information content (AvgIpc) is 3.17. The van der Waals surface area contributed by atoms with E-state index in [1.54, 1.807) is 0 Å². The second-order valence-corrected chi connectivity index (χ2v) is 5.38. The molecule has 1 heterocycles. The molecule has 1 aliphatic carbocycles. The summed E-state index contributed by atoms with van der Waals surface area (Å²) in [5.41, 5.74) is 1.97. The molecule has 3 rings (SSSR count). The molecule has 0 spiro atoms. The molecule has 0 saturated heterocycles. The van der Waals surface area contributed by atoms with E-state index in [0.29, 0.717) is 13.0 Å². The predicted octanol–water partition coefficient (Wildman–Crippen LogP) is 1.68. The Morgan fingerprint density at radius 3 is 3.00 bits per heavy atom. The van der Waals surface area contributed by atoms with Gasteiger partial charge in [-0.15, -0.1) is 0 Å². The van der Waals surface area contributed by atoms with Crippen LogP contribution < -0.4 is 5.32 Å². The molecule has 19 heavy (non-hydrogen) atoms. The molecule has 4 heteroatoms. The third-order valence-electron chi connectivity index (χ3n) is 3.65. The van der Waals surface area contributed by atoms with Crippen LogP contribution in [0.1, 0.15) is 18.5 Å². The number of para-hydroxylation sites is 1. The van der Waals surface area contributed by atoms with Crippen LogP contribution in [0.25, 0.3) is 10.9 Å². The van der Waals surface area contributed by atoms with Crippen LogP contribution in [-0.4, -0.2) is 28.7 Å². The first-order valence-corrected chi connectivity index (χ1v) is 6.87. The number of hydrogen-bond acceptors (Lipinski definition) is 3. The van der Waals surface area contributed by atoms with Gasteiger partial charge in [-0.2, -0.15) is 5.10 Å². The smallest absolute Gasteiger partial charge is 0.152 e. The molecule has 1 fully saturated rings. The van der Waals surface area contributed by atoms with Crippen molar-refractivity contribution in [3.05, 3.63) is 30.0 Å². The van der Waals surface area contributed by atoms with E-state index in [4.69, 9.17) is 0 Å². The van der Waals surface area contributed by atoms with Crippen molar-refractivity contribution >= 4 is 16.7 Å². The largest absolute Gasteiger partial charge is 0.310 e. The summed E-state index contributed by atoms with van der Waals surface area (Å²) in [7, 11) is 1.92. The first kappa shape index (κ1) is 12.4. The van der Waals surface area contributed by atoms with Crippen LogP contribution in [0.2, 0.25) is 0 Å². The number of carbonyl (C=O) groups excluding carboxylic acids is 1. The van der Waals surface area contributed by atoms with Crippen molar-refractivity contribution in [1.82, 2.24) is 15.1 Å². The number of benzene rings is 1. The fraction of sp³-hybridized carbons (Fsp3) is 0.467. The summed E-state index contributed by atoms with van der Waals surface area (Å²) in [4.78, 5) is 12.0. The highest BCUT2D eigenvalue weighted by molar-refractivity contribution is 5.89. The maximum Gasteiger partial charge on any atom is 0.152 e. The first-order chi connectivity index (χ1) is 9.24. The van der Waals surface area contributed by atoms with Crippen LogP contribution in [0.15, 0.2) is 24.3 Å². The van der Waals surface area contributed by atoms with Crippen molar-refractivity contribution in [2.24, 2.45) is 13.0 Å². The zero-order valence-electron chi connectivity index (χ0n) is 11.2. The molecule has 100 valence electrons. The molecule has 0 atom stereocenters. The summed E-state index contributed by atoms with van der Waals surface area (Å²) in [6.07, 6.45) is 3.04. The van der Waals surface area contributed by atoms with E-state index < -0.39 is 0 Å². The van der Waals surface area contributed by atoms with Gasteiger partial charge in [-0.25, -0.2) is 0 Å². The number of Topliss-reactive ketones (excluding diaryl/α,β-unsaturated/α-hetero) is 1. The standard InChI is InChI=1S/C15H19N3O/c1-18-15-5-3-2-4-13(15)14(17-18)8-12(19)10-16-9-11-6-7-11/h2-5,11,16H,6-10H2,1H3. The van der Waals surface area contributed by atoms with Crippen LogP contribution in [0.5, 0.6) is 0 Å². The second kappa shape index (κ2) is 5.13. The number of ketones is 1. The summed E-state index contributed by atoms with van der Waals surface area (Å²) >= 11 is 0. The lowest BCUT2D eigenvalue weighted by Crippen LogP contribution is -2.26. The molecule has 1 saturated carbocycles. The zero-order chi connectivity index (χ0) is 13.2. The summed E-state index contributed by atoms with van der Waals surface area (Å²) in [6.45, 7) is 1.44. The topological polar surface area (TPSA) is 46.9 Å². The number of rotatable bonds is 6. The van der Waals surface area contributed by atoms with Crippen LogP contribution >= 0.6 is 0 Å². The minimum Gasteiger partial charge on any atom is -0.310 e. The van der Waals surface area contributed by atoms with Crippen LogP contribution in [0.4, 0.5) is 0 Å². The minimum atomic E-state index is 0.213. The lowest BCUT2D eigenvalue weighted by atomic mass is 10.1. The lowest BCUT2D eigenvalue weighted by Gasteiger charge is -2.01. The highest BCUT2D eigenvalue weighted by Gasteiger charge is 2.20. The summed E-state index contributed by atoms with van der Waals surface area (Å²) in [5.74, 6) is 1.02. The molecule has 0 aliphatic heterocycles. The predicted molar refractivity (Wildman–Crippen MR) is 75.0 cm³/mol. The van der Waals surface area contributed by atoms with Crippen molar-refractivity contribution in [2.75, 3.05) is 13.1 Å². The molecule has 1 N–H and O–H groups in total. The van der Waals surface area contributed by atoms with Crippen LogP contribution in [0.3, 0.4) is 0 Å². The number of aromatic nitrogens is 2. The van der Waals surface area contributed by atoms with Gasteiger partial charge in [0.05, 0.1) is 24.2 Å². The van der Waals surface area contributed by atoms with E-state index in [1.165, 1.54) is 12.8 Å². The monoisotopic (exact) mass is 257 g/mol. The van der Waals surface area contributed by atoms with Crippen molar-refractivity contribution < 1.29 is 4.79 Å². The maximum atomic E-state index is 12.0. The molecule has 4 nitrogen and oxygen atoms in total. The van der Waals surface area contributed by atoms with Gasteiger partial charge in [-0.1, -0.05) is 18.2 Å². The fourth-order valence-corrected chi connectivity index (χ4v) is 2.41. The Morgan fingerprint density at radius 1 is 1.42 bits per heavy atom. The van der Waals surface area contributed by atoms with E-state index >= 15 is 0 Å². The van der Waals surface area contributed by atoms with E-state index in [-0.39, 0.29) is 5.78 Å². The third-order valence-corrected chi connectivity index (χ3v) is 3.65. The van der Waals surface area contributed by atoms with Crippen LogP contribution in [0, 0.1) is 5.92 Å².